The van der Waals surface area contributed by atoms with E-state index in [0.717, 1.165) is 22.4 Å². The fourth-order valence-corrected chi connectivity index (χ4v) is 3.51. The first kappa shape index (κ1) is 18.9. The topological polar surface area (TPSA) is 81.7 Å². The van der Waals surface area contributed by atoms with Crippen LogP contribution in [0, 0.1) is 5.82 Å². The second-order valence-electron chi connectivity index (χ2n) is 6.86. The van der Waals surface area contributed by atoms with Gasteiger partial charge in [-0.2, -0.15) is 5.10 Å². The summed E-state index contributed by atoms with van der Waals surface area (Å²) in [5.74, 6) is -0.330. The standard InChI is InChI=1S/C21H21FN4O3/c1-29-20-8-14(2-7-19(20)22)11-25-18(13-27)12-26(21(25)28)17-5-3-15(4-6-17)16-9-23-24-10-16/h2-10,18,27H,11-13H2,1H3,(H,23,24)/t18-/m1/s1. The van der Waals surface area contributed by atoms with E-state index in [4.69, 9.17) is 4.74 Å². The molecule has 150 valence electrons. The number of aliphatic hydroxyl groups excluding tert-OH is 1. The Labute approximate surface area is 167 Å². The summed E-state index contributed by atoms with van der Waals surface area (Å²) in [4.78, 5) is 16.3. The lowest BCUT2D eigenvalue weighted by atomic mass is 10.1. The van der Waals surface area contributed by atoms with Crippen LogP contribution in [0.1, 0.15) is 5.56 Å². The summed E-state index contributed by atoms with van der Waals surface area (Å²) in [5, 5.41) is 16.5. The van der Waals surface area contributed by atoms with Crippen LogP contribution in [-0.4, -0.2) is 52.5 Å². The van der Waals surface area contributed by atoms with Crippen LogP contribution in [0.3, 0.4) is 0 Å². The molecule has 1 aromatic heterocycles. The monoisotopic (exact) mass is 396 g/mol. The molecule has 1 atom stereocenters. The Morgan fingerprint density at radius 2 is 2.03 bits per heavy atom. The van der Waals surface area contributed by atoms with Gasteiger partial charge in [0, 0.05) is 24.0 Å². The first-order valence-corrected chi connectivity index (χ1v) is 9.21. The molecule has 2 N–H and O–H groups in total. The Kier molecular flexibility index (Phi) is 5.18. The largest absolute Gasteiger partial charge is 0.494 e. The summed E-state index contributed by atoms with van der Waals surface area (Å²) in [6, 6.07) is 11.5. The number of anilines is 1. The van der Waals surface area contributed by atoms with E-state index >= 15 is 0 Å². The highest BCUT2D eigenvalue weighted by molar-refractivity contribution is 5.95. The molecule has 8 heteroatoms. The van der Waals surface area contributed by atoms with Crippen LogP contribution in [0.2, 0.25) is 0 Å². The minimum atomic E-state index is -0.456. The second-order valence-corrected chi connectivity index (χ2v) is 6.86. The molecule has 0 radical (unpaired) electrons. The van der Waals surface area contributed by atoms with Crippen molar-refractivity contribution in [2.75, 3.05) is 25.2 Å². The minimum Gasteiger partial charge on any atom is -0.494 e. The molecule has 1 saturated heterocycles. The van der Waals surface area contributed by atoms with Gasteiger partial charge in [-0.05, 0) is 35.4 Å². The quantitative estimate of drug-likeness (QED) is 0.671. The molecule has 29 heavy (non-hydrogen) atoms. The number of rotatable bonds is 6. The maximum atomic E-state index is 13.7. The Bertz CT molecular complexity index is 992. The lowest BCUT2D eigenvalue weighted by Crippen LogP contribution is -2.36. The van der Waals surface area contributed by atoms with Gasteiger partial charge in [-0.15, -0.1) is 0 Å². The maximum absolute atomic E-state index is 13.7. The highest BCUT2D eigenvalue weighted by Gasteiger charge is 2.37. The molecule has 7 nitrogen and oxygen atoms in total. The van der Waals surface area contributed by atoms with Crippen LogP contribution < -0.4 is 9.64 Å². The van der Waals surface area contributed by atoms with Crippen LogP contribution >= 0.6 is 0 Å². The molecule has 2 amide bonds. The van der Waals surface area contributed by atoms with Gasteiger partial charge >= 0.3 is 6.03 Å². The van der Waals surface area contributed by atoms with E-state index in [2.05, 4.69) is 10.2 Å². The SMILES string of the molecule is COc1cc(CN2C(=O)N(c3ccc(-c4cn[nH]c4)cc3)C[C@@H]2CO)ccc1F. The second kappa shape index (κ2) is 7.92. The van der Waals surface area contributed by atoms with Crippen molar-refractivity contribution in [3.63, 3.8) is 0 Å². The Balaban J connectivity index is 1.54. The Hall–Kier alpha value is -3.39. The zero-order valence-corrected chi connectivity index (χ0v) is 15.9. The molecule has 0 spiro atoms. The number of carbonyl (C=O) groups excluding carboxylic acids is 1. The normalized spacial score (nSPS) is 16.5. The number of nitrogens with one attached hydrogen (secondary N) is 1. The lowest BCUT2D eigenvalue weighted by Gasteiger charge is -2.22. The van der Waals surface area contributed by atoms with Gasteiger partial charge in [0.1, 0.15) is 0 Å². The molecule has 1 aliphatic rings. The molecule has 1 aliphatic heterocycles. The van der Waals surface area contributed by atoms with Crippen LogP contribution in [0.25, 0.3) is 11.1 Å². The molecule has 0 aliphatic carbocycles. The predicted molar refractivity (Wildman–Crippen MR) is 106 cm³/mol. The zero-order valence-electron chi connectivity index (χ0n) is 15.9. The number of hydrogen-bond acceptors (Lipinski definition) is 4. The number of nitrogens with zero attached hydrogens (tertiary/aromatic N) is 3. The van der Waals surface area contributed by atoms with Gasteiger partial charge in [0.15, 0.2) is 11.6 Å². The molecule has 0 unspecified atom stereocenters. The van der Waals surface area contributed by atoms with Crippen molar-refractivity contribution in [2.45, 2.75) is 12.6 Å². The number of hydrogen-bond donors (Lipinski definition) is 2. The van der Waals surface area contributed by atoms with Gasteiger partial charge in [0.2, 0.25) is 0 Å². The van der Waals surface area contributed by atoms with E-state index in [9.17, 15) is 14.3 Å². The highest BCUT2D eigenvalue weighted by atomic mass is 19.1. The first-order chi connectivity index (χ1) is 14.1. The van der Waals surface area contributed by atoms with Crippen molar-refractivity contribution < 1.29 is 19.0 Å². The van der Waals surface area contributed by atoms with Gasteiger partial charge in [0.25, 0.3) is 0 Å². The number of methoxy groups -OCH3 is 1. The number of halogens is 1. The summed E-state index contributed by atoms with van der Waals surface area (Å²) in [5.41, 5.74) is 3.43. The van der Waals surface area contributed by atoms with Gasteiger partial charge < -0.3 is 14.7 Å². The number of aliphatic hydroxyl groups is 1. The lowest BCUT2D eigenvalue weighted by molar-refractivity contribution is 0.161. The number of H-pyrrole nitrogens is 1. The summed E-state index contributed by atoms with van der Waals surface area (Å²) >= 11 is 0. The number of ether oxygens (including phenoxy) is 1. The van der Waals surface area contributed by atoms with Gasteiger partial charge in [-0.25, -0.2) is 9.18 Å². The van der Waals surface area contributed by atoms with Crippen molar-refractivity contribution >= 4 is 11.7 Å². The zero-order chi connectivity index (χ0) is 20.4. The first-order valence-electron chi connectivity index (χ1n) is 9.21. The third-order valence-corrected chi connectivity index (χ3v) is 5.10. The summed E-state index contributed by atoms with van der Waals surface area (Å²) < 4.78 is 18.7. The number of aromatic amines is 1. The molecular formula is C21H21FN4O3. The van der Waals surface area contributed by atoms with Crippen LogP contribution in [0.4, 0.5) is 14.9 Å². The molecule has 2 aromatic carbocycles. The number of urea groups is 1. The average molecular weight is 396 g/mol. The summed E-state index contributed by atoms with van der Waals surface area (Å²) in [6.07, 6.45) is 3.53. The number of aromatic nitrogens is 2. The van der Waals surface area contributed by atoms with Crippen molar-refractivity contribution in [1.29, 1.82) is 0 Å². The fourth-order valence-electron chi connectivity index (χ4n) is 3.51. The smallest absolute Gasteiger partial charge is 0.325 e. The van der Waals surface area contributed by atoms with Crippen LogP contribution in [0.5, 0.6) is 5.75 Å². The van der Waals surface area contributed by atoms with E-state index in [-0.39, 0.29) is 31.0 Å². The predicted octanol–water partition coefficient (Wildman–Crippen LogP) is 3.03. The van der Waals surface area contributed by atoms with E-state index in [0.29, 0.717) is 6.54 Å². The van der Waals surface area contributed by atoms with E-state index in [1.54, 1.807) is 34.3 Å². The molecule has 2 heterocycles. The van der Waals surface area contributed by atoms with Crippen molar-refractivity contribution in [2.24, 2.45) is 0 Å². The number of benzene rings is 2. The van der Waals surface area contributed by atoms with Gasteiger partial charge in [-0.3, -0.25) is 10.00 Å². The van der Waals surface area contributed by atoms with E-state index < -0.39 is 5.82 Å². The van der Waals surface area contributed by atoms with Gasteiger partial charge in [0.05, 0.1) is 32.5 Å². The summed E-state index contributed by atoms with van der Waals surface area (Å²) in [7, 11) is 1.40. The molecule has 1 fully saturated rings. The molecule has 0 bridgehead atoms. The minimum absolute atomic E-state index is 0.126. The molecular weight excluding hydrogens is 375 g/mol. The van der Waals surface area contributed by atoms with Crippen molar-refractivity contribution in [3.05, 3.63) is 66.2 Å². The fraction of sp³-hybridized carbons (Fsp3) is 0.238. The number of carbonyl (C=O) groups is 1. The average Bonchev–Trinajstić information content (AvgIpc) is 3.39. The van der Waals surface area contributed by atoms with E-state index in [1.165, 1.54) is 13.2 Å². The molecule has 0 saturated carbocycles. The van der Waals surface area contributed by atoms with Crippen molar-refractivity contribution in [1.82, 2.24) is 15.1 Å². The molecule has 3 aromatic rings. The summed E-state index contributed by atoms with van der Waals surface area (Å²) in [6.45, 7) is 0.469. The van der Waals surface area contributed by atoms with E-state index in [1.807, 2.05) is 24.3 Å². The number of amides is 2. The third-order valence-electron chi connectivity index (χ3n) is 5.10. The Morgan fingerprint density at radius 3 is 2.69 bits per heavy atom. The Morgan fingerprint density at radius 1 is 1.24 bits per heavy atom. The highest BCUT2D eigenvalue weighted by Crippen LogP contribution is 2.29. The van der Waals surface area contributed by atoms with Gasteiger partial charge in [-0.1, -0.05) is 18.2 Å². The maximum Gasteiger partial charge on any atom is 0.325 e. The molecule has 4 rings (SSSR count). The van der Waals surface area contributed by atoms with Crippen LogP contribution in [0.15, 0.2) is 54.9 Å². The van der Waals surface area contributed by atoms with Crippen LogP contribution in [-0.2, 0) is 6.54 Å². The van der Waals surface area contributed by atoms with Crippen molar-refractivity contribution in [3.8, 4) is 16.9 Å². The third kappa shape index (κ3) is 3.66.